The number of fused-ring (bicyclic) bond motifs is 2. The Morgan fingerprint density at radius 2 is 1.92 bits per heavy atom. The van der Waals surface area contributed by atoms with Crippen LogP contribution < -0.4 is 4.74 Å². The number of ether oxygens (including phenoxy) is 2. The van der Waals surface area contributed by atoms with E-state index in [9.17, 15) is 19.8 Å². The number of carboxylic acid groups (broad SMARTS) is 1. The Morgan fingerprint density at radius 1 is 1.11 bits per heavy atom. The summed E-state index contributed by atoms with van der Waals surface area (Å²) in [6.07, 6.45) is 8.35. The first-order valence-corrected chi connectivity index (χ1v) is 13.8. The van der Waals surface area contributed by atoms with Crippen molar-refractivity contribution in [3.05, 3.63) is 29.3 Å². The molecule has 1 fully saturated rings. The molecule has 0 saturated heterocycles. The molecular formula is C29H44O7. The largest absolute Gasteiger partial charge is 0.482 e. The van der Waals surface area contributed by atoms with E-state index in [-0.39, 0.29) is 37.3 Å². The lowest BCUT2D eigenvalue weighted by Crippen LogP contribution is -2.28. The van der Waals surface area contributed by atoms with Gasteiger partial charge in [0, 0.05) is 6.42 Å². The molecule has 0 radical (unpaired) electrons. The molecule has 1 aromatic carbocycles. The Morgan fingerprint density at radius 3 is 2.67 bits per heavy atom. The van der Waals surface area contributed by atoms with Gasteiger partial charge in [-0.05, 0) is 93.2 Å². The van der Waals surface area contributed by atoms with Crippen LogP contribution in [0.1, 0.15) is 89.2 Å². The summed E-state index contributed by atoms with van der Waals surface area (Å²) in [4.78, 5) is 22.9. The summed E-state index contributed by atoms with van der Waals surface area (Å²) < 4.78 is 11.2. The van der Waals surface area contributed by atoms with E-state index in [4.69, 9.17) is 14.6 Å². The van der Waals surface area contributed by atoms with Gasteiger partial charge in [-0.15, -0.1) is 0 Å². The minimum atomic E-state index is -0.853. The summed E-state index contributed by atoms with van der Waals surface area (Å²) in [7, 11) is 0. The van der Waals surface area contributed by atoms with E-state index in [1.807, 2.05) is 12.1 Å². The van der Waals surface area contributed by atoms with Crippen molar-refractivity contribution in [1.29, 1.82) is 0 Å². The van der Waals surface area contributed by atoms with Crippen LogP contribution in [0.5, 0.6) is 5.75 Å². The molecule has 3 rings (SSSR count). The van der Waals surface area contributed by atoms with Crippen LogP contribution in [-0.2, 0) is 27.2 Å². The molecule has 7 heteroatoms. The predicted molar refractivity (Wildman–Crippen MR) is 137 cm³/mol. The van der Waals surface area contributed by atoms with Crippen LogP contribution in [0, 0.1) is 17.8 Å². The van der Waals surface area contributed by atoms with Crippen molar-refractivity contribution in [1.82, 2.24) is 0 Å². The highest BCUT2D eigenvalue weighted by atomic mass is 16.6. The minimum absolute atomic E-state index is 0.0613. The summed E-state index contributed by atoms with van der Waals surface area (Å²) in [5.41, 5.74) is 2.33. The molecule has 0 bridgehead atoms. The summed E-state index contributed by atoms with van der Waals surface area (Å²) in [6, 6.07) is 5.95. The van der Waals surface area contributed by atoms with Crippen molar-refractivity contribution < 1.29 is 34.4 Å². The molecule has 1 saturated carbocycles. The Hall–Kier alpha value is -2.12. The molecule has 0 aliphatic heterocycles. The van der Waals surface area contributed by atoms with E-state index in [0.29, 0.717) is 30.4 Å². The summed E-state index contributed by atoms with van der Waals surface area (Å²) in [5.74, 6) is 0.381. The average Bonchev–Trinajstić information content (AvgIpc) is 3.13. The van der Waals surface area contributed by atoms with Crippen LogP contribution in [0.25, 0.3) is 0 Å². The second-order valence-corrected chi connectivity index (χ2v) is 10.8. The lowest BCUT2D eigenvalue weighted by Gasteiger charge is -2.32. The predicted octanol–water partition coefficient (Wildman–Crippen LogP) is 4.69. The van der Waals surface area contributed by atoms with Gasteiger partial charge in [0.1, 0.15) is 5.75 Å². The Bertz CT molecular complexity index is 854. The highest BCUT2D eigenvalue weighted by molar-refractivity contribution is 5.71. The van der Waals surface area contributed by atoms with Gasteiger partial charge >= 0.3 is 11.9 Å². The number of esters is 1. The van der Waals surface area contributed by atoms with Crippen molar-refractivity contribution >= 4 is 11.9 Å². The van der Waals surface area contributed by atoms with E-state index >= 15 is 0 Å². The van der Waals surface area contributed by atoms with Crippen LogP contribution in [0.2, 0.25) is 0 Å². The number of hydrogen-bond acceptors (Lipinski definition) is 6. The molecule has 202 valence electrons. The molecule has 7 nitrogen and oxygen atoms in total. The summed E-state index contributed by atoms with van der Waals surface area (Å²) >= 11 is 0. The molecule has 0 spiro atoms. The number of carbonyl (C=O) groups excluding carboxylic acids is 1. The fourth-order valence-electron chi connectivity index (χ4n) is 6.09. The topological polar surface area (TPSA) is 113 Å². The molecule has 36 heavy (non-hydrogen) atoms. The first-order chi connectivity index (χ1) is 17.3. The van der Waals surface area contributed by atoms with Crippen molar-refractivity contribution in [3.8, 4) is 5.75 Å². The number of hydrogen-bond donors (Lipinski definition) is 3. The fraction of sp³-hybridized carbons (Fsp3) is 0.724. The van der Waals surface area contributed by atoms with Crippen LogP contribution in [0.4, 0.5) is 0 Å². The fourth-order valence-corrected chi connectivity index (χ4v) is 6.09. The van der Waals surface area contributed by atoms with Gasteiger partial charge in [0.25, 0.3) is 0 Å². The van der Waals surface area contributed by atoms with Crippen LogP contribution >= 0.6 is 0 Å². The van der Waals surface area contributed by atoms with Gasteiger partial charge in [-0.1, -0.05) is 38.3 Å². The lowest BCUT2D eigenvalue weighted by molar-refractivity contribution is -0.150. The van der Waals surface area contributed by atoms with E-state index < -0.39 is 11.9 Å². The molecule has 1 unspecified atom stereocenters. The third kappa shape index (κ3) is 8.20. The number of benzene rings is 1. The second-order valence-electron chi connectivity index (χ2n) is 10.8. The first kappa shape index (κ1) is 28.5. The number of aliphatic hydroxyl groups excluding tert-OH is 2. The van der Waals surface area contributed by atoms with Gasteiger partial charge in [-0.2, -0.15) is 0 Å². The third-order valence-electron chi connectivity index (χ3n) is 8.00. The van der Waals surface area contributed by atoms with Crippen LogP contribution in [0.3, 0.4) is 0 Å². The van der Waals surface area contributed by atoms with Gasteiger partial charge in [0.15, 0.2) is 6.61 Å². The Labute approximate surface area is 215 Å². The van der Waals surface area contributed by atoms with Gasteiger partial charge in [-0.25, -0.2) is 4.79 Å². The highest BCUT2D eigenvalue weighted by Crippen LogP contribution is 2.48. The quantitative estimate of drug-likeness (QED) is 0.235. The number of aliphatic carboxylic acids is 1. The molecule has 0 heterocycles. The molecule has 1 aromatic rings. The molecule has 2 aliphatic carbocycles. The van der Waals surface area contributed by atoms with Gasteiger partial charge in [0.2, 0.25) is 0 Å². The standard InChI is InChI=1S/C29H44O7/c1-3-4-5-10-22(30)13-14-23-24-15-20-9-7-11-27(25(20)16-21(24)17-26(23)31)35-18-29(34)36-19(2)8-6-12-28(32)33/h7,9,11,19,21-24,26,30-31H,3-6,8,10,12-18H2,1-2H3,(H,32,33)/t19?,21-,22-,23+,24-,26+/m0/s1. The van der Waals surface area contributed by atoms with E-state index in [0.717, 1.165) is 63.4 Å². The van der Waals surface area contributed by atoms with Gasteiger partial charge < -0.3 is 24.8 Å². The maximum absolute atomic E-state index is 12.3. The molecule has 0 aromatic heterocycles. The Balaban J connectivity index is 1.52. The zero-order chi connectivity index (χ0) is 26.1. The Kier molecular flexibility index (Phi) is 11.1. The zero-order valence-electron chi connectivity index (χ0n) is 21.9. The van der Waals surface area contributed by atoms with Gasteiger partial charge in [0.05, 0.1) is 18.3 Å². The van der Waals surface area contributed by atoms with Crippen molar-refractivity contribution in [2.24, 2.45) is 17.8 Å². The number of aliphatic hydroxyl groups is 2. The van der Waals surface area contributed by atoms with E-state index in [1.54, 1.807) is 6.92 Å². The molecule has 6 atom stereocenters. The average molecular weight is 505 g/mol. The number of carboxylic acids is 1. The molecule has 3 N–H and O–H groups in total. The van der Waals surface area contributed by atoms with E-state index in [2.05, 4.69) is 13.0 Å². The SMILES string of the molecule is CCCCC[C@H](O)CC[C@@H]1[C@H]2Cc3cccc(OCC(=O)OC(C)CCCC(=O)O)c3C[C@H]2C[C@H]1O. The van der Waals surface area contributed by atoms with Crippen molar-refractivity contribution in [2.75, 3.05) is 6.61 Å². The zero-order valence-corrected chi connectivity index (χ0v) is 21.9. The number of carbonyl (C=O) groups is 2. The number of rotatable bonds is 15. The first-order valence-electron chi connectivity index (χ1n) is 13.8. The smallest absolute Gasteiger partial charge is 0.344 e. The highest BCUT2D eigenvalue weighted by Gasteiger charge is 2.44. The minimum Gasteiger partial charge on any atom is -0.482 e. The van der Waals surface area contributed by atoms with Gasteiger partial charge in [-0.3, -0.25) is 4.79 Å². The third-order valence-corrected chi connectivity index (χ3v) is 8.00. The maximum atomic E-state index is 12.3. The van der Waals surface area contributed by atoms with Crippen LogP contribution in [-0.4, -0.2) is 52.2 Å². The summed E-state index contributed by atoms with van der Waals surface area (Å²) in [5, 5.41) is 30.0. The molecule has 0 amide bonds. The van der Waals surface area contributed by atoms with Crippen molar-refractivity contribution in [2.45, 2.75) is 109 Å². The normalized spacial score (nSPS) is 24.4. The second kappa shape index (κ2) is 14.0. The monoisotopic (exact) mass is 504 g/mol. The lowest BCUT2D eigenvalue weighted by atomic mass is 9.73. The molecular weight excluding hydrogens is 460 g/mol. The number of unbranched alkanes of at least 4 members (excludes halogenated alkanes) is 2. The maximum Gasteiger partial charge on any atom is 0.344 e. The van der Waals surface area contributed by atoms with Crippen LogP contribution in [0.15, 0.2) is 18.2 Å². The summed E-state index contributed by atoms with van der Waals surface area (Å²) in [6.45, 7) is 3.74. The van der Waals surface area contributed by atoms with E-state index in [1.165, 1.54) is 5.56 Å². The molecule has 2 aliphatic rings. The van der Waals surface area contributed by atoms with Crippen molar-refractivity contribution in [3.63, 3.8) is 0 Å².